The summed E-state index contributed by atoms with van der Waals surface area (Å²) in [4.78, 5) is 26.0. The molecule has 5 aliphatic carbocycles. The standard InChI is InChI=1S/C38H63N3O8/c1-20-17-23(31(34(6,7)45)47-22(3)42)48-29-28(20)35(8)13-14-37-19-36(37)12-11-26(49-27-18-41(15-16-46-27)21(2)32(39)44)33(4,5)24(36)9-10-25(37)38(35,40)30(29)43/h20-21,23-31,43,45H,9-19,40H2,1-8H3,(H2,39,44). The third-order valence-corrected chi connectivity index (χ3v) is 15.9. The van der Waals surface area contributed by atoms with Gasteiger partial charge in [0.15, 0.2) is 12.4 Å². The van der Waals surface area contributed by atoms with Crippen LogP contribution in [0.5, 0.6) is 0 Å². The second-order valence-corrected chi connectivity index (χ2v) is 18.9. The summed E-state index contributed by atoms with van der Waals surface area (Å²) < 4.78 is 25.3. The van der Waals surface area contributed by atoms with E-state index < -0.39 is 41.5 Å². The van der Waals surface area contributed by atoms with Crippen molar-refractivity contribution in [3.63, 3.8) is 0 Å². The number of morpholine rings is 1. The molecule has 0 aromatic carbocycles. The highest BCUT2D eigenvalue weighted by atomic mass is 16.7. The van der Waals surface area contributed by atoms with Crippen LogP contribution in [-0.4, -0.2) is 101 Å². The van der Waals surface area contributed by atoms with Gasteiger partial charge in [0.1, 0.15) is 0 Å². The zero-order chi connectivity index (χ0) is 35.7. The number of rotatable bonds is 7. The van der Waals surface area contributed by atoms with Crippen molar-refractivity contribution in [2.24, 2.45) is 56.8 Å². The molecule has 278 valence electrons. The second kappa shape index (κ2) is 11.6. The molecule has 2 saturated heterocycles. The van der Waals surface area contributed by atoms with E-state index in [0.717, 1.165) is 44.9 Å². The van der Waals surface area contributed by atoms with Gasteiger partial charge in [-0.2, -0.15) is 0 Å². The van der Waals surface area contributed by atoms with Gasteiger partial charge in [-0.05, 0) is 117 Å². The largest absolute Gasteiger partial charge is 0.457 e. The summed E-state index contributed by atoms with van der Waals surface area (Å²) in [6.45, 7) is 17.5. The van der Waals surface area contributed by atoms with Crippen molar-refractivity contribution < 1.29 is 38.7 Å². The Labute approximate surface area is 292 Å². The van der Waals surface area contributed by atoms with Gasteiger partial charge < -0.3 is 40.6 Å². The quantitative estimate of drug-likeness (QED) is 0.292. The van der Waals surface area contributed by atoms with E-state index in [0.29, 0.717) is 32.0 Å². The summed E-state index contributed by atoms with van der Waals surface area (Å²) in [5.74, 6) is 0.112. The number of nitrogens with two attached hydrogens (primary N) is 2. The molecule has 6 N–H and O–H groups in total. The highest BCUT2D eigenvalue weighted by molar-refractivity contribution is 5.79. The molecule has 11 nitrogen and oxygen atoms in total. The van der Waals surface area contributed by atoms with Gasteiger partial charge in [0.2, 0.25) is 5.91 Å². The number of hydrogen-bond donors (Lipinski definition) is 4. The fourth-order valence-corrected chi connectivity index (χ4v) is 13.7. The van der Waals surface area contributed by atoms with Crippen molar-refractivity contribution >= 4 is 11.9 Å². The lowest BCUT2D eigenvalue weighted by atomic mass is 9.43. The smallest absolute Gasteiger partial charge is 0.303 e. The van der Waals surface area contributed by atoms with E-state index in [4.69, 9.17) is 30.4 Å². The fraction of sp³-hybridized carbons (Fsp3) is 0.947. The number of aliphatic hydroxyl groups excluding tert-OH is 1. The summed E-state index contributed by atoms with van der Waals surface area (Å²) in [5, 5.41) is 23.5. The molecule has 49 heavy (non-hydrogen) atoms. The zero-order valence-electron chi connectivity index (χ0n) is 31.1. The first kappa shape index (κ1) is 36.0. The van der Waals surface area contributed by atoms with Gasteiger partial charge in [0.25, 0.3) is 0 Å². The van der Waals surface area contributed by atoms with Gasteiger partial charge in [0, 0.05) is 13.5 Å². The average Bonchev–Trinajstić information content (AvgIpc) is 3.65. The Morgan fingerprint density at radius 2 is 1.73 bits per heavy atom. The van der Waals surface area contributed by atoms with Gasteiger partial charge in [-0.1, -0.05) is 27.7 Å². The fourth-order valence-electron chi connectivity index (χ4n) is 13.7. The minimum atomic E-state index is -1.30. The van der Waals surface area contributed by atoms with Crippen molar-refractivity contribution in [2.75, 3.05) is 19.7 Å². The zero-order valence-corrected chi connectivity index (χ0v) is 31.1. The Morgan fingerprint density at radius 1 is 1.06 bits per heavy atom. The van der Waals surface area contributed by atoms with E-state index in [2.05, 4.69) is 32.6 Å². The van der Waals surface area contributed by atoms with Crippen LogP contribution in [0, 0.1) is 45.3 Å². The first-order chi connectivity index (χ1) is 22.7. The summed E-state index contributed by atoms with van der Waals surface area (Å²) >= 11 is 0. The van der Waals surface area contributed by atoms with Gasteiger partial charge in [-0.25, -0.2) is 0 Å². The molecule has 2 spiro atoms. The summed E-state index contributed by atoms with van der Waals surface area (Å²) in [6.07, 6.45) is 4.81. The van der Waals surface area contributed by atoms with Crippen LogP contribution >= 0.6 is 0 Å². The molecule has 15 atom stereocenters. The molecular weight excluding hydrogens is 626 g/mol. The molecule has 7 rings (SSSR count). The SMILES string of the molecule is CC(=O)OC(C1CC(C)C2C(O1)C(O)C1(N)C3CCC4C(C)(C)C(OC5CN(C(C)C(N)=O)CCO5)CCC45CC35CCC21C)C(C)(C)O. The molecule has 1 amide bonds. The van der Waals surface area contributed by atoms with Gasteiger partial charge in [-0.3, -0.25) is 14.5 Å². The Hall–Kier alpha value is -1.34. The molecule has 0 aromatic rings. The number of carbonyl (C=O) groups is 2. The summed E-state index contributed by atoms with van der Waals surface area (Å²) in [5.41, 5.74) is 11.2. The van der Waals surface area contributed by atoms with Crippen LogP contribution in [0.4, 0.5) is 0 Å². The molecule has 7 aliphatic rings. The number of hydrogen-bond acceptors (Lipinski definition) is 10. The van der Waals surface area contributed by atoms with Gasteiger partial charge in [-0.15, -0.1) is 0 Å². The molecule has 0 radical (unpaired) electrons. The number of esters is 1. The van der Waals surface area contributed by atoms with E-state index in [1.807, 2.05) is 6.92 Å². The number of fused-ring (bicyclic) bond motifs is 4. The van der Waals surface area contributed by atoms with Crippen LogP contribution in [0.3, 0.4) is 0 Å². The summed E-state index contributed by atoms with van der Waals surface area (Å²) in [6, 6.07) is -0.356. The van der Waals surface area contributed by atoms with Crippen LogP contribution in [0.15, 0.2) is 0 Å². The van der Waals surface area contributed by atoms with E-state index in [1.165, 1.54) is 6.92 Å². The topological polar surface area (TPSA) is 167 Å². The van der Waals surface area contributed by atoms with Crippen LogP contribution in [0.25, 0.3) is 0 Å². The minimum Gasteiger partial charge on any atom is -0.457 e. The average molecular weight is 690 g/mol. The van der Waals surface area contributed by atoms with Gasteiger partial charge in [0.05, 0.1) is 54.7 Å². The van der Waals surface area contributed by atoms with Crippen LogP contribution < -0.4 is 11.5 Å². The Bertz CT molecular complexity index is 1340. The number of ether oxygens (including phenoxy) is 4. The van der Waals surface area contributed by atoms with E-state index >= 15 is 0 Å². The monoisotopic (exact) mass is 689 g/mol. The minimum absolute atomic E-state index is 0.0407. The van der Waals surface area contributed by atoms with Crippen LogP contribution in [0.1, 0.15) is 107 Å². The molecule has 2 heterocycles. The molecular formula is C38H63N3O8. The molecule has 15 unspecified atom stereocenters. The Kier molecular flexibility index (Phi) is 8.52. The number of amides is 1. The predicted octanol–water partition coefficient (Wildman–Crippen LogP) is 3.11. The molecule has 5 saturated carbocycles. The maximum atomic E-state index is 12.4. The third kappa shape index (κ3) is 4.98. The van der Waals surface area contributed by atoms with Gasteiger partial charge >= 0.3 is 5.97 Å². The lowest BCUT2D eigenvalue weighted by molar-refractivity contribution is -0.248. The number of nitrogens with zero attached hydrogens (tertiary/aromatic N) is 1. The Morgan fingerprint density at radius 3 is 2.39 bits per heavy atom. The predicted molar refractivity (Wildman–Crippen MR) is 182 cm³/mol. The number of carbonyl (C=O) groups excluding carboxylic acids is 2. The van der Waals surface area contributed by atoms with E-state index in [9.17, 15) is 19.8 Å². The van der Waals surface area contributed by atoms with Crippen molar-refractivity contribution in [1.82, 2.24) is 4.90 Å². The maximum absolute atomic E-state index is 12.4. The molecule has 7 fully saturated rings. The van der Waals surface area contributed by atoms with Crippen molar-refractivity contribution in [2.45, 2.75) is 161 Å². The summed E-state index contributed by atoms with van der Waals surface area (Å²) in [7, 11) is 0. The highest BCUT2D eigenvalue weighted by Crippen LogP contribution is 2.87. The molecule has 2 aliphatic heterocycles. The van der Waals surface area contributed by atoms with E-state index in [-0.39, 0.29) is 63.8 Å². The third-order valence-electron chi connectivity index (χ3n) is 15.9. The van der Waals surface area contributed by atoms with Crippen molar-refractivity contribution in [1.29, 1.82) is 0 Å². The van der Waals surface area contributed by atoms with Crippen molar-refractivity contribution in [3.05, 3.63) is 0 Å². The lowest BCUT2D eigenvalue weighted by Crippen LogP contribution is -2.70. The normalized spacial score (nSPS) is 50.1. The van der Waals surface area contributed by atoms with E-state index in [1.54, 1.807) is 13.8 Å². The lowest BCUT2D eigenvalue weighted by Gasteiger charge is -2.63. The molecule has 11 heteroatoms. The Balaban J connectivity index is 1.12. The molecule has 0 aromatic heterocycles. The van der Waals surface area contributed by atoms with Crippen molar-refractivity contribution in [3.8, 4) is 0 Å². The first-order valence-electron chi connectivity index (χ1n) is 19.1. The molecule has 0 bridgehead atoms. The number of aliphatic hydroxyl groups is 2. The van der Waals surface area contributed by atoms with Crippen LogP contribution in [-0.2, 0) is 28.5 Å². The highest BCUT2D eigenvalue weighted by Gasteiger charge is 2.85. The first-order valence-corrected chi connectivity index (χ1v) is 19.1. The number of primary amides is 1. The van der Waals surface area contributed by atoms with Crippen LogP contribution in [0.2, 0.25) is 0 Å². The second-order valence-electron chi connectivity index (χ2n) is 18.9. The maximum Gasteiger partial charge on any atom is 0.303 e.